The molecule has 0 saturated carbocycles. The Hall–Kier alpha value is -2.58. The van der Waals surface area contributed by atoms with Crippen molar-refractivity contribution < 1.29 is 23.4 Å². The number of fused-ring (bicyclic) bond motifs is 1. The zero-order chi connectivity index (χ0) is 23.2. The Bertz CT molecular complexity index is 1060. The minimum Gasteiger partial charge on any atom is -0.497 e. The molecule has 8 heteroatoms. The summed E-state index contributed by atoms with van der Waals surface area (Å²) in [5.41, 5.74) is 1.30. The maximum absolute atomic E-state index is 15.3. The Balaban J connectivity index is 1.34. The van der Waals surface area contributed by atoms with Crippen molar-refractivity contribution in [1.29, 1.82) is 0 Å². The number of nitrogens with zero attached hydrogens (tertiary/aromatic N) is 2. The molecule has 0 aliphatic carbocycles. The fourth-order valence-electron chi connectivity index (χ4n) is 4.58. The third-order valence-corrected chi connectivity index (χ3v) is 7.32. The number of thioether (sulfide) groups is 1. The van der Waals surface area contributed by atoms with Crippen molar-refractivity contribution in [3.63, 3.8) is 0 Å². The van der Waals surface area contributed by atoms with Crippen LogP contribution >= 0.6 is 11.8 Å². The van der Waals surface area contributed by atoms with Crippen LogP contribution in [0.5, 0.6) is 5.75 Å². The van der Waals surface area contributed by atoms with Gasteiger partial charge in [0, 0.05) is 30.4 Å². The standard InChI is InChI=1S/C25H29FN2O4S/c1-31-18-5-7-23-20(15-18)19(8-10-27-23)22(26)6-4-17-9-11-28(16-21(17)25(29)30)12-14-33-24-3-2-13-32-24/h2-3,5,7-8,10,13,15,17,21-22H,4,6,9,11-12,14,16H2,1H3,(H,29,30)/t17-,21+,22+/m1/s1. The van der Waals surface area contributed by atoms with Crippen molar-refractivity contribution in [3.8, 4) is 5.75 Å². The van der Waals surface area contributed by atoms with Crippen LogP contribution in [0, 0.1) is 11.8 Å². The molecule has 33 heavy (non-hydrogen) atoms. The first-order chi connectivity index (χ1) is 16.0. The van der Waals surface area contributed by atoms with E-state index < -0.39 is 18.1 Å². The van der Waals surface area contributed by atoms with Gasteiger partial charge in [0.1, 0.15) is 11.9 Å². The van der Waals surface area contributed by atoms with Gasteiger partial charge in [-0.05, 0) is 73.7 Å². The second-order valence-electron chi connectivity index (χ2n) is 8.40. The van der Waals surface area contributed by atoms with E-state index in [4.69, 9.17) is 9.15 Å². The van der Waals surface area contributed by atoms with Crippen LogP contribution in [0.4, 0.5) is 4.39 Å². The molecule has 3 heterocycles. The molecule has 1 N–H and O–H groups in total. The fraction of sp³-hybridized carbons (Fsp3) is 0.440. The number of carboxylic acid groups (broad SMARTS) is 1. The number of rotatable bonds is 10. The molecule has 176 valence electrons. The molecule has 0 amide bonds. The number of carbonyl (C=O) groups is 1. The summed E-state index contributed by atoms with van der Waals surface area (Å²) in [6.45, 7) is 2.14. The van der Waals surface area contributed by atoms with Crippen molar-refractivity contribution in [2.75, 3.05) is 32.5 Å². The number of piperidine rings is 1. The number of aromatic nitrogens is 1. The summed E-state index contributed by atoms with van der Waals surface area (Å²) in [5, 5.41) is 11.4. The molecule has 2 aromatic heterocycles. The van der Waals surface area contributed by atoms with E-state index >= 15 is 4.39 Å². The average molecular weight is 473 g/mol. The summed E-state index contributed by atoms with van der Waals surface area (Å²) in [7, 11) is 1.58. The van der Waals surface area contributed by atoms with E-state index in [-0.39, 0.29) is 5.92 Å². The number of aliphatic carboxylic acids is 1. The van der Waals surface area contributed by atoms with Crippen LogP contribution in [0.2, 0.25) is 0 Å². The van der Waals surface area contributed by atoms with Crippen molar-refractivity contribution in [2.45, 2.75) is 30.5 Å². The van der Waals surface area contributed by atoms with Crippen LogP contribution in [0.1, 0.15) is 31.0 Å². The number of ether oxygens (including phenoxy) is 1. The Morgan fingerprint density at radius 1 is 1.39 bits per heavy atom. The predicted octanol–water partition coefficient (Wildman–Crippen LogP) is 5.44. The summed E-state index contributed by atoms with van der Waals surface area (Å²) in [5.74, 6) is 0.201. The second-order valence-corrected chi connectivity index (χ2v) is 9.50. The van der Waals surface area contributed by atoms with E-state index in [0.717, 1.165) is 41.3 Å². The molecule has 1 fully saturated rings. The number of hydrogen-bond donors (Lipinski definition) is 1. The number of halogens is 1. The molecule has 1 aliphatic rings. The third-order valence-electron chi connectivity index (χ3n) is 6.41. The van der Waals surface area contributed by atoms with E-state index in [1.165, 1.54) is 0 Å². The second kappa shape index (κ2) is 11.0. The number of furan rings is 1. The van der Waals surface area contributed by atoms with E-state index in [1.54, 1.807) is 37.4 Å². The highest BCUT2D eigenvalue weighted by Crippen LogP contribution is 2.35. The molecule has 6 nitrogen and oxygen atoms in total. The van der Waals surface area contributed by atoms with Gasteiger partial charge in [0.2, 0.25) is 0 Å². The van der Waals surface area contributed by atoms with Crippen LogP contribution in [0.25, 0.3) is 10.9 Å². The molecule has 0 unspecified atom stereocenters. The lowest BCUT2D eigenvalue weighted by Gasteiger charge is -2.36. The number of pyridine rings is 1. The molecule has 4 rings (SSSR count). The van der Waals surface area contributed by atoms with E-state index in [1.807, 2.05) is 30.3 Å². The van der Waals surface area contributed by atoms with Crippen LogP contribution in [-0.4, -0.2) is 53.5 Å². The molecule has 3 aromatic rings. The minimum absolute atomic E-state index is 0.0302. The number of likely N-dealkylation sites (tertiary alicyclic amines) is 1. The number of benzene rings is 1. The van der Waals surface area contributed by atoms with Gasteiger partial charge in [-0.2, -0.15) is 0 Å². The summed E-state index contributed by atoms with van der Waals surface area (Å²) in [6, 6.07) is 10.9. The highest BCUT2D eigenvalue weighted by molar-refractivity contribution is 7.99. The lowest BCUT2D eigenvalue weighted by atomic mass is 9.81. The van der Waals surface area contributed by atoms with Crippen LogP contribution in [-0.2, 0) is 4.79 Å². The van der Waals surface area contributed by atoms with Crippen molar-refractivity contribution in [2.24, 2.45) is 11.8 Å². The summed E-state index contributed by atoms with van der Waals surface area (Å²) in [4.78, 5) is 18.5. The largest absolute Gasteiger partial charge is 0.497 e. The minimum atomic E-state index is -1.18. The van der Waals surface area contributed by atoms with Crippen molar-refractivity contribution >= 4 is 28.6 Å². The van der Waals surface area contributed by atoms with E-state index in [0.29, 0.717) is 30.7 Å². The first-order valence-electron chi connectivity index (χ1n) is 11.2. The Morgan fingerprint density at radius 3 is 3.03 bits per heavy atom. The van der Waals surface area contributed by atoms with Gasteiger partial charge in [0.15, 0.2) is 5.09 Å². The van der Waals surface area contributed by atoms with Gasteiger partial charge in [-0.1, -0.05) is 11.8 Å². The topological polar surface area (TPSA) is 75.8 Å². The number of methoxy groups -OCH3 is 1. The Labute approximate surface area is 197 Å². The quantitative estimate of drug-likeness (QED) is 0.394. The number of alkyl halides is 1. The van der Waals surface area contributed by atoms with Gasteiger partial charge in [-0.25, -0.2) is 4.39 Å². The van der Waals surface area contributed by atoms with E-state index in [2.05, 4.69) is 9.88 Å². The normalized spacial score (nSPS) is 20.1. The Morgan fingerprint density at radius 2 is 2.27 bits per heavy atom. The van der Waals surface area contributed by atoms with Gasteiger partial charge in [0.05, 0.1) is 24.8 Å². The van der Waals surface area contributed by atoms with Gasteiger partial charge < -0.3 is 19.2 Å². The van der Waals surface area contributed by atoms with Crippen molar-refractivity contribution in [1.82, 2.24) is 9.88 Å². The average Bonchev–Trinajstić information content (AvgIpc) is 3.35. The van der Waals surface area contributed by atoms with E-state index in [9.17, 15) is 9.90 Å². The summed E-state index contributed by atoms with van der Waals surface area (Å²) in [6.07, 6.45) is 3.69. The maximum atomic E-state index is 15.3. The Kier molecular flexibility index (Phi) is 7.88. The molecule has 1 saturated heterocycles. The van der Waals surface area contributed by atoms with Gasteiger partial charge >= 0.3 is 5.97 Å². The molecular formula is C25H29FN2O4S. The fourth-order valence-corrected chi connectivity index (χ4v) is 5.43. The molecule has 0 spiro atoms. The number of hydrogen-bond acceptors (Lipinski definition) is 6. The maximum Gasteiger partial charge on any atom is 0.308 e. The smallest absolute Gasteiger partial charge is 0.308 e. The lowest BCUT2D eigenvalue weighted by molar-refractivity contribution is -0.146. The molecule has 0 radical (unpaired) electrons. The van der Waals surface area contributed by atoms with Crippen molar-refractivity contribution in [3.05, 3.63) is 54.4 Å². The third kappa shape index (κ3) is 5.86. The number of carboxylic acids is 1. The first-order valence-corrected chi connectivity index (χ1v) is 12.2. The SMILES string of the molecule is COc1ccc2nccc([C@@H](F)CC[C@@H]3CCN(CCSc4ccco4)C[C@@H]3C(=O)O)c2c1. The molecule has 0 bridgehead atoms. The molecule has 1 aromatic carbocycles. The highest BCUT2D eigenvalue weighted by atomic mass is 32.2. The van der Waals surface area contributed by atoms with Crippen LogP contribution in [0.3, 0.4) is 0 Å². The van der Waals surface area contributed by atoms with Crippen LogP contribution in [0.15, 0.2) is 58.4 Å². The summed E-state index contributed by atoms with van der Waals surface area (Å²) >= 11 is 1.63. The summed E-state index contributed by atoms with van der Waals surface area (Å²) < 4.78 is 25.9. The first kappa shape index (κ1) is 23.6. The zero-order valence-corrected chi connectivity index (χ0v) is 19.5. The molecule has 3 atom stereocenters. The molecular weight excluding hydrogens is 443 g/mol. The highest BCUT2D eigenvalue weighted by Gasteiger charge is 2.34. The van der Waals surface area contributed by atoms with Crippen LogP contribution < -0.4 is 4.74 Å². The van der Waals surface area contributed by atoms with Gasteiger partial charge in [-0.15, -0.1) is 0 Å². The lowest BCUT2D eigenvalue weighted by Crippen LogP contribution is -2.44. The monoisotopic (exact) mass is 472 g/mol. The van der Waals surface area contributed by atoms with Gasteiger partial charge in [-0.3, -0.25) is 9.78 Å². The van der Waals surface area contributed by atoms with Gasteiger partial charge in [0.25, 0.3) is 0 Å². The predicted molar refractivity (Wildman–Crippen MR) is 126 cm³/mol. The zero-order valence-electron chi connectivity index (χ0n) is 18.7. The molecule has 1 aliphatic heterocycles.